The summed E-state index contributed by atoms with van der Waals surface area (Å²) >= 11 is 9.06. The molecule has 0 saturated carbocycles. The van der Waals surface area contributed by atoms with Crippen LogP contribution in [0.3, 0.4) is 0 Å². The number of rotatable bonds is 3. The van der Waals surface area contributed by atoms with Gasteiger partial charge < -0.3 is 19.9 Å². The van der Waals surface area contributed by atoms with Gasteiger partial charge in [0.15, 0.2) is 5.57 Å². The van der Waals surface area contributed by atoms with E-state index in [4.69, 9.17) is 21.1 Å². The van der Waals surface area contributed by atoms with Gasteiger partial charge in [-0.05, 0) is 28.1 Å². The second kappa shape index (κ2) is 6.21. The minimum atomic E-state index is -1.35. The maximum absolute atomic E-state index is 11.8. The minimum absolute atomic E-state index is 0.0177. The lowest BCUT2D eigenvalue weighted by molar-refractivity contribution is -0.222. The summed E-state index contributed by atoms with van der Waals surface area (Å²) in [5.74, 6) is -4.37. The molecule has 1 heterocycles. The van der Waals surface area contributed by atoms with Crippen molar-refractivity contribution in [3.8, 4) is 0 Å². The van der Waals surface area contributed by atoms with Crippen LogP contribution in [0.25, 0.3) is 0 Å². The van der Waals surface area contributed by atoms with E-state index < -0.39 is 23.7 Å². The SMILES string of the molecule is CC1(C)OC(=O)C(=CNc2ccc(Br)c(Cl)c2C(=O)O)C(=O)O1. The van der Waals surface area contributed by atoms with E-state index in [1.54, 1.807) is 0 Å². The Bertz CT molecular complexity index is 721. The molecule has 0 aliphatic carbocycles. The molecule has 1 fully saturated rings. The van der Waals surface area contributed by atoms with Gasteiger partial charge in [0.05, 0.1) is 10.7 Å². The van der Waals surface area contributed by atoms with E-state index in [-0.39, 0.29) is 21.8 Å². The molecule has 122 valence electrons. The largest absolute Gasteiger partial charge is 0.478 e. The smallest absolute Gasteiger partial charge is 0.350 e. The van der Waals surface area contributed by atoms with Crippen LogP contribution in [-0.2, 0) is 19.1 Å². The lowest BCUT2D eigenvalue weighted by Gasteiger charge is -2.29. The first kappa shape index (κ1) is 17.3. The number of halogens is 2. The van der Waals surface area contributed by atoms with Crippen molar-refractivity contribution in [1.29, 1.82) is 0 Å². The molecule has 23 heavy (non-hydrogen) atoms. The summed E-state index contributed by atoms with van der Waals surface area (Å²) in [4.78, 5) is 34.9. The molecule has 1 aromatic carbocycles. The average Bonchev–Trinajstić information content (AvgIpc) is 2.39. The number of aromatic carboxylic acids is 1. The predicted octanol–water partition coefficient (Wildman–Crippen LogP) is 2.93. The molecular formula is C14H11BrClNO6. The first-order chi connectivity index (χ1) is 10.6. The van der Waals surface area contributed by atoms with E-state index in [0.717, 1.165) is 6.20 Å². The number of carboxylic acids is 1. The minimum Gasteiger partial charge on any atom is -0.478 e. The highest BCUT2D eigenvalue weighted by molar-refractivity contribution is 9.10. The summed E-state index contributed by atoms with van der Waals surface area (Å²) in [6.45, 7) is 2.84. The van der Waals surface area contributed by atoms with Crippen molar-refractivity contribution in [2.75, 3.05) is 5.32 Å². The van der Waals surface area contributed by atoms with E-state index in [1.807, 2.05) is 0 Å². The standard InChI is InChI=1S/C14H11BrClNO6/c1-14(2)22-12(20)6(13(21)23-14)5-17-8-4-3-7(15)10(16)9(8)11(18)19/h3-5,17H,1-2H3,(H,18,19). The highest BCUT2D eigenvalue weighted by Gasteiger charge is 2.39. The van der Waals surface area contributed by atoms with E-state index in [2.05, 4.69) is 21.2 Å². The molecule has 2 N–H and O–H groups in total. The monoisotopic (exact) mass is 403 g/mol. The lowest BCUT2D eigenvalue weighted by Crippen LogP contribution is -2.42. The van der Waals surface area contributed by atoms with E-state index in [0.29, 0.717) is 4.47 Å². The predicted molar refractivity (Wildman–Crippen MR) is 84.1 cm³/mol. The third-order valence-corrected chi connectivity index (χ3v) is 4.08. The van der Waals surface area contributed by atoms with E-state index >= 15 is 0 Å². The van der Waals surface area contributed by atoms with Crippen LogP contribution in [0.4, 0.5) is 5.69 Å². The summed E-state index contributed by atoms with van der Waals surface area (Å²) in [6, 6.07) is 2.95. The van der Waals surface area contributed by atoms with Gasteiger partial charge >= 0.3 is 17.9 Å². The van der Waals surface area contributed by atoms with Gasteiger partial charge in [-0.2, -0.15) is 0 Å². The maximum atomic E-state index is 11.8. The summed E-state index contributed by atoms with van der Waals surface area (Å²) in [6.07, 6.45) is 1.02. The topological polar surface area (TPSA) is 102 Å². The third-order valence-electron chi connectivity index (χ3n) is 2.80. The number of cyclic esters (lactones) is 2. The summed E-state index contributed by atoms with van der Waals surface area (Å²) in [7, 11) is 0. The van der Waals surface area contributed by atoms with Crippen LogP contribution in [0.2, 0.25) is 5.02 Å². The Labute approximate surface area is 144 Å². The second-order valence-electron chi connectivity index (χ2n) is 4.97. The molecule has 1 aliphatic rings. The van der Waals surface area contributed by atoms with Crippen molar-refractivity contribution in [1.82, 2.24) is 0 Å². The fraction of sp³-hybridized carbons (Fsp3) is 0.214. The molecule has 0 aromatic heterocycles. The fourth-order valence-corrected chi connectivity index (χ4v) is 2.38. The molecule has 0 bridgehead atoms. The second-order valence-corrected chi connectivity index (χ2v) is 6.20. The van der Waals surface area contributed by atoms with Crippen LogP contribution in [0, 0.1) is 0 Å². The van der Waals surface area contributed by atoms with Crippen molar-refractivity contribution in [2.24, 2.45) is 0 Å². The number of esters is 2. The summed E-state index contributed by atoms with van der Waals surface area (Å²) < 4.78 is 10.2. The number of carboxylic acid groups (broad SMARTS) is 1. The molecule has 0 atom stereocenters. The van der Waals surface area contributed by atoms with Gasteiger partial charge in [-0.3, -0.25) is 0 Å². The molecule has 9 heteroatoms. The summed E-state index contributed by atoms with van der Waals surface area (Å²) in [5, 5.41) is 11.8. The summed E-state index contributed by atoms with van der Waals surface area (Å²) in [5.41, 5.74) is -0.501. The molecule has 0 unspecified atom stereocenters. The van der Waals surface area contributed by atoms with Gasteiger partial charge in [-0.15, -0.1) is 0 Å². The Balaban J connectivity index is 2.34. The number of hydrogen-bond donors (Lipinski definition) is 2. The zero-order valence-electron chi connectivity index (χ0n) is 12.0. The van der Waals surface area contributed by atoms with Gasteiger partial charge in [0.2, 0.25) is 0 Å². The molecular weight excluding hydrogens is 394 g/mol. The molecule has 0 spiro atoms. The first-order valence-corrected chi connectivity index (χ1v) is 7.44. The van der Waals surface area contributed by atoms with Crippen LogP contribution in [0.15, 0.2) is 28.4 Å². The zero-order valence-corrected chi connectivity index (χ0v) is 14.3. The van der Waals surface area contributed by atoms with Crippen molar-refractivity contribution >= 4 is 51.1 Å². The average molecular weight is 405 g/mol. The zero-order chi connectivity index (χ0) is 17.4. The van der Waals surface area contributed by atoms with Gasteiger partial charge in [0.25, 0.3) is 5.79 Å². The van der Waals surface area contributed by atoms with E-state index in [9.17, 15) is 19.5 Å². The molecule has 1 aromatic rings. The number of hydrogen-bond acceptors (Lipinski definition) is 6. The van der Waals surface area contributed by atoms with Crippen LogP contribution in [0.5, 0.6) is 0 Å². The van der Waals surface area contributed by atoms with Crippen molar-refractivity contribution in [3.05, 3.63) is 39.0 Å². The van der Waals surface area contributed by atoms with Crippen LogP contribution in [0.1, 0.15) is 24.2 Å². The molecule has 1 saturated heterocycles. The van der Waals surface area contributed by atoms with Crippen molar-refractivity contribution < 1.29 is 29.0 Å². The maximum Gasteiger partial charge on any atom is 0.350 e. The number of benzene rings is 1. The highest BCUT2D eigenvalue weighted by Crippen LogP contribution is 2.32. The quantitative estimate of drug-likeness (QED) is 0.454. The lowest BCUT2D eigenvalue weighted by atomic mass is 10.1. The number of anilines is 1. The number of ether oxygens (including phenoxy) is 2. The number of carbonyl (C=O) groups excluding carboxylic acids is 2. The molecule has 0 radical (unpaired) electrons. The Kier molecular flexibility index (Phi) is 4.67. The van der Waals surface area contributed by atoms with Gasteiger partial charge in [0, 0.05) is 24.5 Å². The Hall–Kier alpha value is -2.06. The molecule has 0 amide bonds. The fourth-order valence-electron chi connectivity index (χ4n) is 1.81. The third kappa shape index (κ3) is 3.65. The van der Waals surface area contributed by atoms with Crippen molar-refractivity contribution in [3.63, 3.8) is 0 Å². The first-order valence-electron chi connectivity index (χ1n) is 6.27. The molecule has 7 nitrogen and oxygen atoms in total. The van der Waals surface area contributed by atoms with Gasteiger partial charge in [-0.25, -0.2) is 14.4 Å². The number of carbonyl (C=O) groups is 3. The van der Waals surface area contributed by atoms with Crippen LogP contribution in [-0.4, -0.2) is 28.8 Å². The molecule has 1 aliphatic heterocycles. The van der Waals surface area contributed by atoms with Gasteiger partial charge in [0.1, 0.15) is 5.56 Å². The van der Waals surface area contributed by atoms with Crippen molar-refractivity contribution in [2.45, 2.75) is 19.6 Å². The van der Waals surface area contributed by atoms with Gasteiger partial charge in [-0.1, -0.05) is 11.6 Å². The molecule has 2 rings (SSSR count). The Morgan fingerprint density at radius 2 is 1.87 bits per heavy atom. The van der Waals surface area contributed by atoms with Crippen LogP contribution < -0.4 is 5.32 Å². The highest BCUT2D eigenvalue weighted by atomic mass is 79.9. The Morgan fingerprint density at radius 1 is 1.30 bits per heavy atom. The van der Waals surface area contributed by atoms with Crippen LogP contribution >= 0.6 is 27.5 Å². The normalized spacial score (nSPS) is 16.4. The number of nitrogens with one attached hydrogen (secondary N) is 1. The van der Waals surface area contributed by atoms with E-state index in [1.165, 1.54) is 26.0 Å². The Morgan fingerprint density at radius 3 is 2.39 bits per heavy atom.